The topological polar surface area (TPSA) is 49.4 Å². The fourth-order valence-electron chi connectivity index (χ4n) is 3.39. The summed E-state index contributed by atoms with van der Waals surface area (Å²) in [5, 5.41) is 2.92. The highest BCUT2D eigenvalue weighted by atomic mass is 16.2. The van der Waals surface area contributed by atoms with E-state index in [1.165, 1.54) is 11.1 Å². The van der Waals surface area contributed by atoms with Crippen LogP contribution in [0.15, 0.2) is 48.5 Å². The summed E-state index contributed by atoms with van der Waals surface area (Å²) in [6.45, 7) is 7.10. The van der Waals surface area contributed by atoms with E-state index >= 15 is 0 Å². The van der Waals surface area contributed by atoms with E-state index in [0.717, 1.165) is 17.5 Å². The third kappa shape index (κ3) is 3.79. The van der Waals surface area contributed by atoms with Crippen LogP contribution in [-0.2, 0) is 29.1 Å². The second-order valence-electron chi connectivity index (χ2n) is 7.54. The van der Waals surface area contributed by atoms with Gasteiger partial charge in [-0.05, 0) is 43.9 Å². The van der Waals surface area contributed by atoms with Crippen molar-refractivity contribution in [2.24, 2.45) is 5.41 Å². The van der Waals surface area contributed by atoms with E-state index in [-0.39, 0.29) is 11.8 Å². The number of carbonyl (C=O) groups is 2. The van der Waals surface area contributed by atoms with Gasteiger partial charge in [0, 0.05) is 19.6 Å². The first kappa shape index (κ1) is 18.2. The van der Waals surface area contributed by atoms with E-state index in [4.69, 9.17) is 0 Å². The molecule has 0 aromatic heterocycles. The smallest absolute Gasteiger partial charge is 0.238 e. The molecule has 0 saturated carbocycles. The Kier molecular flexibility index (Phi) is 5.12. The van der Waals surface area contributed by atoms with Crippen LogP contribution < -0.4 is 5.32 Å². The molecule has 4 nitrogen and oxygen atoms in total. The number of carbonyl (C=O) groups excluding carboxylic acids is 2. The number of benzene rings is 2. The molecule has 1 aliphatic rings. The molecule has 0 radical (unpaired) electrons. The van der Waals surface area contributed by atoms with Crippen LogP contribution in [0.25, 0.3) is 0 Å². The van der Waals surface area contributed by atoms with Gasteiger partial charge in [-0.3, -0.25) is 9.59 Å². The lowest BCUT2D eigenvalue weighted by molar-refractivity contribution is -0.149. The van der Waals surface area contributed by atoms with Crippen LogP contribution in [0.1, 0.15) is 36.1 Å². The Balaban J connectivity index is 1.65. The van der Waals surface area contributed by atoms with Crippen molar-refractivity contribution in [2.45, 2.75) is 40.3 Å². The van der Waals surface area contributed by atoms with Gasteiger partial charge in [0.05, 0.1) is 0 Å². The molecule has 2 aromatic carbocycles. The summed E-state index contributed by atoms with van der Waals surface area (Å²) in [7, 11) is 0. The maximum Gasteiger partial charge on any atom is 0.238 e. The third-order valence-electron chi connectivity index (χ3n) is 5.06. The maximum atomic E-state index is 13.0. The molecule has 0 spiro atoms. The lowest BCUT2D eigenvalue weighted by Gasteiger charge is -2.34. The summed E-state index contributed by atoms with van der Waals surface area (Å²) < 4.78 is 0. The monoisotopic (exact) mass is 350 g/mol. The summed E-state index contributed by atoms with van der Waals surface area (Å²) in [4.78, 5) is 27.5. The van der Waals surface area contributed by atoms with Crippen molar-refractivity contribution < 1.29 is 9.59 Å². The zero-order chi connectivity index (χ0) is 18.7. The Bertz CT molecular complexity index is 826. The minimum absolute atomic E-state index is 0.117. The summed E-state index contributed by atoms with van der Waals surface area (Å²) in [5.74, 6) is -0.350. The average Bonchev–Trinajstić information content (AvgIpc) is 2.65. The maximum absolute atomic E-state index is 13.0. The molecule has 2 aromatic rings. The molecule has 1 heterocycles. The molecular weight excluding hydrogens is 324 g/mol. The quantitative estimate of drug-likeness (QED) is 0.861. The van der Waals surface area contributed by atoms with Gasteiger partial charge in [0.15, 0.2) is 0 Å². The SMILES string of the molecule is Cc1cccc(CNC(=O)C(C)(C)C(=O)N2CCc3ccccc3C2)c1. The molecule has 136 valence electrons. The summed E-state index contributed by atoms with van der Waals surface area (Å²) in [6.07, 6.45) is 0.836. The Hall–Kier alpha value is -2.62. The van der Waals surface area contributed by atoms with Crippen LogP contribution in [0.3, 0.4) is 0 Å². The second kappa shape index (κ2) is 7.32. The Morgan fingerprint density at radius 3 is 2.54 bits per heavy atom. The van der Waals surface area contributed by atoms with Gasteiger partial charge >= 0.3 is 0 Å². The first-order valence-electron chi connectivity index (χ1n) is 9.08. The van der Waals surface area contributed by atoms with Crippen LogP contribution in [0.5, 0.6) is 0 Å². The van der Waals surface area contributed by atoms with Crippen molar-refractivity contribution in [3.05, 3.63) is 70.8 Å². The Morgan fingerprint density at radius 1 is 1.08 bits per heavy atom. The first-order chi connectivity index (χ1) is 12.4. The lowest BCUT2D eigenvalue weighted by atomic mass is 9.88. The van der Waals surface area contributed by atoms with Gasteiger partial charge in [0.1, 0.15) is 5.41 Å². The summed E-state index contributed by atoms with van der Waals surface area (Å²) in [5.41, 5.74) is 3.56. The predicted octanol–water partition coefficient (Wildman–Crippen LogP) is 3.22. The molecular formula is C22H26N2O2. The normalized spacial score (nSPS) is 13.9. The summed E-state index contributed by atoms with van der Waals surface area (Å²) in [6, 6.07) is 16.2. The Labute approximate surface area is 155 Å². The largest absolute Gasteiger partial charge is 0.351 e. The van der Waals surface area contributed by atoms with Gasteiger partial charge in [-0.25, -0.2) is 0 Å². The van der Waals surface area contributed by atoms with Crippen molar-refractivity contribution in [3.63, 3.8) is 0 Å². The van der Waals surface area contributed by atoms with E-state index in [1.807, 2.05) is 43.3 Å². The molecule has 0 aliphatic carbocycles. The minimum Gasteiger partial charge on any atom is -0.351 e. The van der Waals surface area contributed by atoms with Gasteiger partial charge in [-0.2, -0.15) is 0 Å². The van der Waals surface area contributed by atoms with Gasteiger partial charge < -0.3 is 10.2 Å². The van der Waals surface area contributed by atoms with E-state index in [1.54, 1.807) is 18.7 Å². The number of hydrogen-bond donors (Lipinski definition) is 1. The second-order valence-corrected chi connectivity index (χ2v) is 7.54. The highest BCUT2D eigenvalue weighted by molar-refractivity contribution is 6.04. The van der Waals surface area contributed by atoms with Gasteiger partial charge in [0.2, 0.25) is 11.8 Å². The molecule has 26 heavy (non-hydrogen) atoms. The number of hydrogen-bond acceptors (Lipinski definition) is 2. The Morgan fingerprint density at radius 2 is 1.81 bits per heavy atom. The van der Waals surface area contributed by atoms with E-state index < -0.39 is 5.41 Å². The molecule has 0 fully saturated rings. The molecule has 3 rings (SSSR count). The number of aryl methyl sites for hydroxylation is 1. The molecule has 1 N–H and O–H groups in total. The zero-order valence-corrected chi connectivity index (χ0v) is 15.7. The molecule has 0 saturated heterocycles. The van der Waals surface area contributed by atoms with Crippen molar-refractivity contribution in [3.8, 4) is 0 Å². The highest BCUT2D eigenvalue weighted by Crippen LogP contribution is 2.25. The van der Waals surface area contributed by atoms with Crippen molar-refractivity contribution in [1.82, 2.24) is 10.2 Å². The average molecular weight is 350 g/mol. The van der Waals surface area contributed by atoms with Crippen LogP contribution >= 0.6 is 0 Å². The molecule has 0 atom stereocenters. The van der Waals surface area contributed by atoms with Gasteiger partial charge in [0.25, 0.3) is 0 Å². The number of rotatable bonds is 4. The van der Waals surface area contributed by atoms with E-state index in [9.17, 15) is 9.59 Å². The zero-order valence-electron chi connectivity index (χ0n) is 15.7. The van der Waals surface area contributed by atoms with Crippen LogP contribution in [0.2, 0.25) is 0 Å². The fraction of sp³-hybridized carbons (Fsp3) is 0.364. The van der Waals surface area contributed by atoms with Crippen molar-refractivity contribution >= 4 is 11.8 Å². The summed E-state index contributed by atoms with van der Waals surface area (Å²) >= 11 is 0. The lowest BCUT2D eigenvalue weighted by Crippen LogP contribution is -2.50. The number of nitrogens with one attached hydrogen (secondary N) is 1. The molecule has 4 heteroatoms. The van der Waals surface area contributed by atoms with Crippen LogP contribution in [0.4, 0.5) is 0 Å². The predicted molar refractivity (Wildman–Crippen MR) is 102 cm³/mol. The van der Waals surface area contributed by atoms with E-state index in [0.29, 0.717) is 19.6 Å². The van der Waals surface area contributed by atoms with Crippen LogP contribution in [0, 0.1) is 12.3 Å². The number of nitrogens with zero attached hydrogens (tertiary/aromatic N) is 1. The minimum atomic E-state index is -1.09. The number of amides is 2. The van der Waals surface area contributed by atoms with Crippen LogP contribution in [-0.4, -0.2) is 23.3 Å². The molecule has 0 bridgehead atoms. The van der Waals surface area contributed by atoms with E-state index in [2.05, 4.69) is 17.4 Å². The first-order valence-corrected chi connectivity index (χ1v) is 9.08. The molecule has 1 aliphatic heterocycles. The molecule has 2 amide bonds. The van der Waals surface area contributed by atoms with Crippen molar-refractivity contribution in [1.29, 1.82) is 0 Å². The van der Waals surface area contributed by atoms with Gasteiger partial charge in [-0.1, -0.05) is 54.1 Å². The van der Waals surface area contributed by atoms with Crippen molar-refractivity contribution in [2.75, 3.05) is 6.54 Å². The molecule has 0 unspecified atom stereocenters. The third-order valence-corrected chi connectivity index (χ3v) is 5.06. The van der Waals surface area contributed by atoms with Gasteiger partial charge in [-0.15, -0.1) is 0 Å². The number of fused-ring (bicyclic) bond motifs is 1. The highest BCUT2D eigenvalue weighted by Gasteiger charge is 2.39. The fourth-order valence-corrected chi connectivity index (χ4v) is 3.39. The standard InChI is InChI=1S/C22H26N2O2/c1-16-7-6-8-17(13-16)14-23-20(25)22(2,3)21(26)24-12-11-18-9-4-5-10-19(18)15-24/h4-10,13H,11-12,14-15H2,1-3H3,(H,23,25).